The number of aryl methyl sites for hydroxylation is 1. The van der Waals surface area contributed by atoms with Gasteiger partial charge in [-0.05, 0) is 24.6 Å². The van der Waals surface area contributed by atoms with Crippen LogP contribution in [-0.2, 0) is 6.42 Å². The normalized spacial score (nSPS) is 10.6. The van der Waals surface area contributed by atoms with Gasteiger partial charge in [0.15, 0.2) is 0 Å². The van der Waals surface area contributed by atoms with Crippen molar-refractivity contribution in [2.45, 2.75) is 13.3 Å². The molecule has 78 valence electrons. The van der Waals surface area contributed by atoms with E-state index in [4.69, 9.17) is 11.6 Å². The second kappa shape index (κ2) is 4.29. The van der Waals surface area contributed by atoms with Crippen LogP contribution in [0.15, 0.2) is 23.6 Å². The largest absolute Gasteiger partial charge is 0.241 e. The van der Waals surface area contributed by atoms with Gasteiger partial charge in [0.2, 0.25) is 0 Å². The van der Waals surface area contributed by atoms with E-state index in [9.17, 15) is 4.39 Å². The van der Waals surface area contributed by atoms with E-state index in [0.717, 1.165) is 12.1 Å². The van der Waals surface area contributed by atoms with Crippen LogP contribution in [0.5, 0.6) is 0 Å². The third-order valence-electron chi connectivity index (χ3n) is 2.08. The fraction of sp³-hybridized carbons (Fsp3) is 0.182. The van der Waals surface area contributed by atoms with E-state index >= 15 is 0 Å². The molecule has 2 aromatic rings. The van der Waals surface area contributed by atoms with Crippen LogP contribution in [-0.4, -0.2) is 4.98 Å². The summed E-state index contributed by atoms with van der Waals surface area (Å²) in [6.45, 7) is 2.02. The van der Waals surface area contributed by atoms with Gasteiger partial charge in [-0.1, -0.05) is 18.5 Å². The number of halogens is 2. The lowest BCUT2D eigenvalue weighted by atomic mass is 10.2. The van der Waals surface area contributed by atoms with Gasteiger partial charge in [-0.2, -0.15) is 0 Å². The molecular formula is C11H9ClFNS. The highest BCUT2D eigenvalue weighted by Gasteiger charge is 2.09. The first-order valence-electron chi connectivity index (χ1n) is 4.60. The maximum atomic E-state index is 13.5. The highest BCUT2D eigenvalue weighted by atomic mass is 35.5. The lowest BCUT2D eigenvalue weighted by Gasteiger charge is -1.98. The molecule has 2 rings (SSSR count). The van der Waals surface area contributed by atoms with Crippen molar-refractivity contribution < 1.29 is 4.39 Å². The Labute approximate surface area is 96.5 Å². The summed E-state index contributed by atoms with van der Waals surface area (Å²) in [4.78, 5) is 4.32. The molecule has 0 unspecified atom stereocenters. The zero-order valence-corrected chi connectivity index (χ0v) is 9.70. The molecule has 4 heteroatoms. The van der Waals surface area contributed by atoms with Crippen molar-refractivity contribution in [2.24, 2.45) is 0 Å². The van der Waals surface area contributed by atoms with Gasteiger partial charge in [0.05, 0.1) is 5.69 Å². The zero-order chi connectivity index (χ0) is 10.8. The van der Waals surface area contributed by atoms with Crippen LogP contribution in [0.3, 0.4) is 0 Å². The molecule has 1 heterocycles. The zero-order valence-electron chi connectivity index (χ0n) is 8.13. The molecule has 1 aromatic carbocycles. The molecule has 1 aromatic heterocycles. The average Bonchev–Trinajstić information content (AvgIpc) is 2.66. The molecule has 0 atom stereocenters. The van der Waals surface area contributed by atoms with Gasteiger partial charge in [0.1, 0.15) is 10.8 Å². The predicted octanol–water partition coefficient (Wildman–Crippen LogP) is 4.17. The highest BCUT2D eigenvalue weighted by molar-refractivity contribution is 7.13. The molecular weight excluding hydrogens is 233 g/mol. The Morgan fingerprint density at radius 3 is 2.87 bits per heavy atom. The topological polar surface area (TPSA) is 12.9 Å². The Bertz CT molecular complexity index is 481. The number of rotatable bonds is 2. The van der Waals surface area contributed by atoms with Crippen LogP contribution in [0.2, 0.25) is 5.02 Å². The van der Waals surface area contributed by atoms with Gasteiger partial charge in [0, 0.05) is 16.0 Å². The van der Waals surface area contributed by atoms with Crippen molar-refractivity contribution >= 4 is 22.9 Å². The number of thiazole rings is 1. The fourth-order valence-electron chi connectivity index (χ4n) is 1.26. The molecule has 0 fully saturated rings. The minimum Gasteiger partial charge on any atom is -0.241 e. The van der Waals surface area contributed by atoms with Gasteiger partial charge < -0.3 is 0 Å². The summed E-state index contributed by atoms with van der Waals surface area (Å²) in [6.07, 6.45) is 0.867. The van der Waals surface area contributed by atoms with Crippen LogP contribution in [0.25, 0.3) is 10.6 Å². The average molecular weight is 242 g/mol. The van der Waals surface area contributed by atoms with E-state index in [-0.39, 0.29) is 5.82 Å². The summed E-state index contributed by atoms with van der Waals surface area (Å²) in [5, 5.41) is 3.06. The Morgan fingerprint density at radius 2 is 2.27 bits per heavy atom. The molecule has 0 aliphatic carbocycles. The van der Waals surface area contributed by atoms with Crippen molar-refractivity contribution in [2.75, 3.05) is 0 Å². The Morgan fingerprint density at radius 1 is 1.47 bits per heavy atom. The third kappa shape index (κ3) is 2.19. The molecule has 0 saturated heterocycles. The van der Waals surface area contributed by atoms with Crippen LogP contribution in [0, 0.1) is 5.82 Å². The summed E-state index contributed by atoms with van der Waals surface area (Å²) >= 11 is 7.13. The SMILES string of the molecule is CCc1csc(-c2ccc(Cl)cc2F)n1. The number of hydrogen-bond acceptors (Lipinski definition) is 2. The molecule has 15 heavy (non-hydrogen) atoms. The summed E-state index contributed by atoms with van der Waals surface area (Å²) in [5.74, 6) is -0.320. The van der Waals surface area contributed by atoms with Crippen molar-refractivity contribution in [3.63, 3.8) is 0 Å². The Kier molecular flexibility index (Phi) is 3.03. The van der Waals surface area contributed by atoms with Crippen LogP contribution in [0.1, 0.15) is 12.6 Å². The van der Waals surface area contributed by atoms with E-state index in [2.05, 4.69) is 4.98 Å². The van der Waals surface area contributed by atoms with Crippen molar-refractivity contribution in [3.05, 3.63) is 40.1 Å². The molecule has 0 aliphatic rings. The first-order chi connectivity index (χ1) is 7.20. The minimum atomic E-state index is -0.320. The van der Waals surface area contributed by atoms with E-state index in [1.165, 1.54) is 17.4 Å². The molecule has 0 spiro atoms. The number of aromatic nitrogens is 1. The molecule has 1 nitrogen and oxygen atoms in total. The standard InChI is InChI=1S/C11H9ClFNS/c1-2-8-6-15-11(14-8)9-4-3-7(12)5-10(9)13/h3-6H,2H2,1H3. The quantitative estimate of drug-likeness (QED) is 0.769. The predicted molar refractivity (Wildman–Crippen MR) is 61.9 cm³/mol. The van der Waals surface area contributed by atoms with E-state index in [0.29, 0.717) is 15.6 Å². The van der Waals surface area contributed by atoms with Crippen LogP contribution >= 0.6 is 22.9 Å². The van der Waals surface area contributed by atoms with E-state index < -0.39 is 0 Å². The van der Waals surface area contributed by atoms with E-state index in [1.54, 1.807) is 12.1 Å². The van der Waals surface area contributed by atoms with Gasteiger partial charge in [-0.3, -0.25) is 0 Å². The number of benzene rings is 1. The lowest BCUT2D eigenvalue weighted by Crippen LogP contribution is -1.84. The summed E-state index contributed by atoms with van der Waals surface area (Å²) < 4.78 is 13.5. The molecule has 0 radical (unpaired) electrons. The lowest BCUT2D eigenvalue weighted by molar-refractivity contribution is 0.631. The van der Waals surface area contributed by atoms with Crippen LogP contribution < -0.4 is 0 Å². The molecule has 0 N–H and O–H groups in total. The van der Waals surface area contributed by atoms with E-state index in [1.807, 2.05) is 12.3 Å². The fourth-order valence-corrected chi connectivity index (χ4v) is 2.34. The first-order valence-corrected chi connectivity index (χ1v) is 5.86. The van der Waals surface area contributed by atoms with Crippen molar-refractivity contribution in [3.8, 4) is 10.6 Å². The molecule has 0 saturated carbocycles. The Balaban J connectivity index is 2.44. The second-order valence-corrected chi connectivity index (χ2v) is 4.42. The molecule has 0 aliphatic heterocycles. The van der Waals surface area contributed by atoms with Gasteiger partial charge in [-0.25, -0.2) is 9.37 Å². The smallest absolute Gasteiger partial charge is 0.134 e. The van der Waals surface area contributed by atoms with Crippen molar-refractivity contribution in [1.82, 2.24) is 4.98 Å². The highest BCUT2D eigenvalue weighted by Crippen LogP contribution is 2.28. The molecule has 0 bridgehead atoms. The first kappa shape index (κ1) is 10.6. The maximum absolute atomic E-state index is 13.5. The second-order valence-electron chi connectivity index (χ2n) is 3.12. The molecule has 0 amide bonds. The van der Waals surface area contributed by atoms with Gasteiger partial charge in [0.25, 0.3) is 0 Å². The summed E-state index contributed by atoms with van der Waals surface area (Å²) in [5.41, 5.74) is 1.51. The minimum absolute atomic E-state index is 0.320. The third-order valence-corrected chi connectivity index (χ3v) is 3.24. The van der Waals surface area contributed by atoms with Crippen molar-refractivity contribution in [1.29, 1.82) is 0 Å². The van der Waals surface area contributed by atoms with Crippen LogP contribution in [0.4, 0.5) is 4.39 Å². The van der Waals surface area contributed by atoms with Gasteiger partial charge in [-0.15, -0.1) is 11.3 Å². The monoisotopic (exact) mass is 241 g/mol. The Hall–Kier alpha value is -0.930. The maximum Gasteiger partial charge on any atom is 0.134 e. The summed E-state index contributed by atoms with van der Waals surface area (Å²) in [6, 6.07) is 4.65. The number of hydrogen-bond donors (Lipinski definition) is 0. The van der Waals surface area contributed by atoms with Gasteiger partial charge >= 0.3 is 0 Å². The number of nitrogens with zero attached hydrogens (tertiary/aromatic N) is 1. The summed E-state index contributed by atoms with van der Waals surface area (Å²) in [7, 11) is 0.